The summed E-state index contributed by atoms with van der Waals surface area (Å²) in [5, 5.41) is 3.60. The molecule has 2 rings (SSSR count). The summed E-state index contributed by atoms with van der Waals surface area (Å²) < 4.78 is 5.16. The second-order valence-electron chi connectivity index (χ2n) is 6.80. The second-order valence-corrected chi connectivity index (χ2v) is 6.80. The highest BCUT2D eigenvalue weighted by atomic mass is 16.5. The number of rotatable bonds is 6. The Kier molecular flexibility index (Phi) is 3.91. The third-order valence-electron chi connectivity index (χ3n) is 5.42. The van der Waals surface area contributed by atoms with Gasteiger partial charge in [0.25, 0.3) is 0 Å². The summed E-state index contributed by atoms with van der Waals surface area (Å²) in [4.78, 5) is 0. The lowest BCUT2D eigenvalue weighted by molar-refractivity contribution is 0.414. The normalized spacial score (nSPS) is 20.3. The van der Waals surface area contributed by atoms with Crippen LogP contribution >= 0.6 is 0 Å². The van der Waals surface area contributed by atoms with Crippen LogP contribution in [-0.2, 0) is 6.42 Å². The maximum Gasteiger partial charge on any atom is 0.118 e. The molecule has 2 heteroatoms. The maximum atomic E-state index is 5.16. The van der Waals surface area contributed by atoms with E-state index in [1.807, 2.05) is 12.1 Å². The molecule has 0 saturated heterocycles. The van der Waals surface area contributed by atoms with E-state index in [0.717, 1.165) is 31.2 Å². The lowest BCUT2D eigenvalue weighted by Crippen LogP contribution is -2.22. The molecule has 1 aliphatic rings. The summed E-state index contributed by atoms with van der Waals surface area (Å²) in [6, 6.07) is 8.35. The Morgan fingerprint density at radius 1 is 1.05 bits per heavy atom. The van der Waals surface area contributed by atoms with Crippen molar-refractivity contribution in [1.82, 2.24) is 5.32 Å². The zero-order chi connectivity index (χ0) is 14.1. The standard InChI is InChI=1S/C17H27NO/c1-16(2)15(17(16,3)4)12-18-11-10-13-6-8-14(19-5)9-7-13/h6-9,15,18H,10-12H2,1-5H3. The van der Waals surface area contributed by atoms with E-state index < -0.39 is 0 Å². The first-order valence-electron chi connectivity index (χ1n) is 7.23. The van der Waals surface area contributed by atoms with Gasteiger partial charge in [0.15, 0.2) is 0 Å². The molecule has 0 radical (unpaired) electrons. The third-order valence-corrected chi connectivity index (χ3v) is 5.42. The fourth-order valence-corrected chi connectivity index (χ4v) is 3.11. The summed E-state index contributed by atoms with van der Waals surface area (Å²) in [5.41, 5.74) is 2.34. The van der Waals surface area contributed by atoms with Crippen LogP contribution in [0.5, 0.6) is 5.75 Å². The number of hydrogen-bond donors (Lipinski definition) is 1. The van der Waals surface area contributed by atoms with Gasteiger partial charge in [-0.3, -0.25) is 0 Å². The molecule has 0 aromatic heterocycles. The molecule has 2 nitrogen and oxygen atoms in total. The average Bonchev–Trinajstić information content (AvgIpc) is 2.77. The summed E-state index contributed by atoms with van der Waals surface area (Å²) >= 11 is 0. The van der Waals surface area contributed by atoms with E-state index in [9.17, 15) is 0 Å². The van der Waals surface area contributed by atoms with Gasteiger partial charge >= 0.3 is 0 Å². The molecule has 0 unspecified atom stereocenters. The van der Waals surface area contributed by atoms with Crippen molar-refractivity contribution < 1.29 is 4.74 Å². The van der Waals surface area contributed by atoms with Gasteiger partial charge in [0.2, 0.25) is 0 Å². The quantitative estimate of drug-likeness (QED) is 0.791. The molecular formula is C17H27NO. The summed E-state index contributed by atoms with van der Waals surface area (Å²) in [7, 11) is 1.70. The van der Waals surface area contributed by atoms with E-state index in [0.29, 0.717) is 10.8 Å². The van der Waals surface area contributed by atoms with Crippen molar-refractivity contribution in [2.45, 2.75) is 34.1 Å². The first-order chi connectivity index (χ1) is 8.89. The minimum absolute atomic E-state index is 0.486. The number of benzene rings is 1. The highest BCUT2D eigenvalue weighted by Crippen LogP contribution is 2.67. The molecule has 1 N–H and O–H groups in total. The number of methoxy groups -OCH3 is 1. The van der Waals surface area contributed by atoms with Crippen LogP contribution in [0, 0.1) is 16.7 Å². The Hall–Kier alpha value is -1.02. The van der Waals surface area contributed by atoms with Crippen molar-refractivity contribution >= 4 is 0 Å². The molecule has 1 saturated carbocycles. The fourth-order valence-electron chi connectivity index (χ4n) is 3.11. The highest BCUT2D eigenvalue weighted by molar-refractivity contribution is 5.27. The minimum Gasteiger partial charge on any atom is -0.497 e. The van der Waals surface area contributed by atoms with Crippen molar-refractivity contribution in [1.29, 1.82) is 0 Å². The molecule has 0 spiro atoms. The van der Waals surface area contributed by atoms with Gasteiger partial charge in [-0.2, -0.15) is 0 Å². The molecule has 19 heavy (non-hydrogen) atoms. The highest BCUT2D eigenvalue weighted by Gasteiger charge is 2.63. The molecule has 0 amide bonds. The van der Waals surface area contributed by atoms with Crippen LogP contribution in [0.3, 0.4) is 0 Å². The summed E-state index contributed by atoms with van der Waals surface area (Å²) in [6.45, 7) is 11.7. The van der Waals surface area contributed by atoms with Crippen molar-refractivity contribution in [3.63, 3.8) is 0 Å². The smallest absolute Gasteiger partial charge is 0.118 e. The largest absolute Gasteiger partial charge is 0.497 e. The monoisotopic (exact) mass is 261 g/mol. The zero-order valence-electron chi connectivity index (χ0n) is 12.9. The van der Waals surface area contributed by atoms with Crippen LogP contribution < -0.4 is 10.1 Å². The molecule has 0 bridgehead atoms. The number of nitrogens with one attached hydrogen (secondary N) is 1. The minimum atomic E-state index is 0.486. The van der Waals surface area contributed by atoms with E-state index in [1.54, 1.807) is 7.11 Å². The van der Waals surface area contributed by atoms with Gasteiger partial charge in [-0.05, 0) is 54.0 Å². The Bertz CT molecular complexity index is 405. The average molecular weight is 261 g/mol. The van der Waals surface area contributed by atoms with Gasteiger partial charge in [-0.1, -0.05) is 39.8 Å². The Morgan fingerprint density at radius 2 is 1.63 bits per heavy atom. The predicted octanol–water partition coefficient (Wildman–Crippen LogP) is 3.51. The van der Waals surface area contributed by atoms with Crippen LogP contribution in [0.4, 0.5) is 0 Å². The van der Waals surface area contributed by atoms with Crippen molar-refractivity contribution in [3.8, 4) is 5.75 Å². The van der Waals surface area contributed by atoms with E-state index in [1.165, 1.54) is 5.56 Å². The molecule has 0 atom stereocenters. The van der Waals surface area contributed by atoms with Gasteiger partial charge in [0.1, 0.15) is 5.75 Å². The molecule has 1 aliphatic carbocycles. The molecule has 106 valence electrons. The predicted molar refractivity (Wildman–Crippen MR) is 80.6 cm³/mol. The van der Waals surface area contributed by atoms with Gasteiger partial charge < -0.3 is 10.1 Å². The van der Waals surface area contributed by atoms with Gasteiger partial charge in [-0.25, -0.2) is 0 Å². The first kappa shape index (κ1) is 14.4. The summed E-state index contributed by atoms with van der Waals surface area (Å²) in [5.74, 6) is 1.73. The zero-order valence-corrected chi connectivity index (χ0v) is 12.9. The van der Waals surface area contributed by atoms with E-state index in [2.05, 4.69) is 45.1 Å². The van der Waals surface area contributed by atoms with Gasteiger partial charge in [-0.15, -0.1) is 0 Å². The Labute approximate surface area is 117 Å². The second kappa shape index (κ2) is 5.16. The Balaban J connectivity index is 1.70. The Morgan fingerprint density at radius 3 is 2.11 bits per heavy atom. The molecule has 1 aromatic rings. The maximum absolute atomic E-state index is 5.16. The van der Waals surface area contributed by atoms with Crippen LogP contribution in [0.2, 0.25) is 0 Å². The van der Waals surface area contributed by atoms with E-state index in [-0.39, 0.29) is 0 Å². The molecule has 1 aromatic carbocycles. The number of hydrogen-bond acceptors (Lipinski definition) is 2. The third kappa shape index (κ3) is 2.79. The fraction of sp³-hybridized carbons (Fsp3) is 0.647. The van der Waals surface area contributed by atoms with Crippen LogP contribution in [-0.4, -0.2) is 20.2 Å². The lowest BCUT2D eigenvalue weighted by Gasteiger charge is -2.07. The summed E-state index contributed by atoms with van der Waals surface area (Å²) in [6.07, 6.45) is 1.08. The van der Waals surface area contributed by atoms with Crippen LogP contribution in [0.1, 0.15) is 33.3 Å². The molecular weight excluding hydrogens is 234 g/mol. The SMILES string of the molecule is COc1ccc(CCNCC2C(C)(C)C2(C)C)cc1. The van der Waals surface area contributed by atoms with Crippen molar-refractivity contribution in [2.75, 3.05) is 20.2 Å². The van der Waals surface area contributed by atoms with E-state index in [4.69, 9.17) is 4.74 Å². The van der Waals surface area contributed by atoms with Crippen LogP contribution in [0.25, 0.3) is 0 Å². The van der Waals surface area contributed by atoms with Crippen molar-refractivity contribution in [2.24, 2.45) is 16.7 Å². The number of ether oxygens (including phenoxy) is 1. The van der Waals surface area contributed by atoms with Crippen LogP contribution in [0.15, 0.2) is 24.3 Å². The molecule has 0 heterocycles. The molecule has 1 fully saturated rings. The topological polar surface area (TPSA) is 21.3 Å². The lowest BCUT2D eigenvalue weighted by atomic mass is 10.0. The molecule has 0 aliphatic heterocycles. The first-order valence-corrected chi connectivity index (χ1v) is 7.23. The van der Waals surface area contributed by atoms with Gasteiger partial charge in [0, 0.05) is 0 Å². The van der Waals surface area contributed by atoms with E-state index >= 15 is 0 Å². The van der Waals surface area contributed by atoms with Crippen molar-refractivity contribution in [3.05, 3.63) is 29.8 Å². The van der Waals surface area contributed by atoms with Gasteiger partial charge in [0.05, 0.1) is 7.11 Å².